The number of rotatable bonds is 8. The number of ether oxygens (including phenoxy) is 2. The van der Waals surface area contributed by atoms with Crippen molar-refractivity contribution in [2.45, 2.75) is 52.2 Å². The molecule has 0 radical (unpaired) electrons. The third-order valence-corrected chi connectivity index (χ3v) is 4.34. The molecule has 1 aliphatic heterocycles. The van der Waals surface area contributed by atoms with Gasteiger partial charge in [-0.3, -0.25) is 4.79 Å². The molecule has 3 rings (SSSR count). The number of aryl methyl sites for hydroxylation is 2. The third-order valence-electron chi connectivity index (χ3n) is 4.34. The van der Waals surface area contributed by atoms with E-state index in [9.17, 15) is 4.79 Å². The van der Waals surface area contributed by atoms with E-state index < -0.39 is 0 Å². The Morgan fingerprint density at radius 2 is 2.27 bits per heavy atom. The summed E-state index contributed by atoms with van der Waals surface area (Å²) in [6, 6.07) is 3.28. The average Bonchev–Trinajstić information content (AvgIpc) is 3.28. The summed E-state index contributed by atoms with van der Waals surface area (Å²) in [7, 11) is 0. The lowest BCUT2D eigenvalue weighted by Crippen LogP contribution is -2.35. The van der Waals surface area contributed by atoms with Gasteiger partial charge in [0.15, 0.2) is 5.69 Å². The highest BCUT2D eigenvalue weighted by Crippen LogP contribution is 2.18. The molecule has 2 aromatic rings. The predicted octanol–water partition coefficient (Wildman–Crippen LogP) is 2.21. The van der Waals surface area contributed by atoms with Gasteiger partial charge in [0.2, 0.25) is 5.88 Å². The Labute approximate surface area is 152 Å². The van der Waals surface area contributed by atoms with Gasteiger partial charge in [-0.05, 0) is 32.3 Å². The first-order chi connectivity index (χ1) is 12.7. The first-order valence-corrected chi connectivity index (χ1v) is 8.96. The molecule has 1 amide bonds. The predicted molar refractivity (Wildman–Crippen MR) is 92.9 cm³/mol. The van der Waals surface area contributed by atoms with E-state index >= 15 is 0 Å². The smallest absolute Gasteiger partial charge is 0.272 e. The maximum atomic E-state index is 12.1. The molecule has 1 N–H and O–H groups in total. The van der Waals surface area contributed by atoms with E-state index in [0.717, 1.165) is 42.7 Å². The number of carbonyl (C=O) groups is 1. The SMILES string of the molecule is CCCCc1noc(C)c1COc1ccc(C(=O)NC2CCOC2)nn1. The first-order valence-electron chi connectivity index (χ1n) is 8.96. The lowest BCUT2D eigenvalue weighted by Gasteiger charge is -2.10. The molecule has 1 saturated heterocycles. The number of hydrogen-bond acceptors (Lipinski definition) is 7. The molecule has 1 aliphatic rings. The Kier molecular flexibility index (Phi) is 6.17. The highest BCUT2D eigenvalue weighted by atomic mass is 16.5. The number of unbranched alkanes of at least 4 members (excludes halogenated alkanes) is 1. The molecule has 1 fully saturated rings. The summed E-state index contributed by atoms with van der Waals surface area (Å²) in [5, 5.41) is 14.9. The number of aromatic nitrogens is 3. The second-order valence-electron chi connectivity index (χ2n) is 6.35. The molecule has 0 bridgehead atoms. The topological polar surface area (TPSA) is 99.4 Å². The monoisotopic (exact) mass is 360 g/mol. The van der Waals surface area contributed by atoms with Crippen molar-refractivity contribution in [3.05, 3.63) is 34.8 Å². The van der Waals surface area contributed by atoms with Crippen LogP contribution in [0.5, 0.6) is 5.88 Å². The van der Waals surface area contributed by atoms with Crippen LogP contribution in [0.25, 0.3) is 0 Å². The molecule has 0 aromatic carbocycles. The van der Waals surface area contributed by atoms with Crippen molar-refractivity contribution in [1.29, 1.82) is 0 Å². The second-order valence-corrected chi connectivity index (χ2v) is 6.35. The van der Waals surface area contributed by atoms with Gasteiger partial charge in [-0.15, -0.1) is 10.2 Å². The normalized spacial score (nSPS) is 16.6. The third kappa shape index (κ3) is 4.57. The van der Waals surface area contributed by atoms with Crippen molar-refractivity contribution in [1.82, 2.24) is 20.7 Å². The fourth-order valence-corrected chi connectivity index (χ4v) is 2.73. The van der Waals surface area contributed by atoms with Crippen LogP contribution in [0.2, 0.25) is 0 Å². The van der Waals surface area contributed by atoms with Crippen molar-refractivity contribution in [3.8, 4) is 5.88 Å². The van der Waals surface area contributed by atoms with Crippen LogP contribution in [0.3, 0.4) is 0 Å². The van der Waals surface area contributed by atoms with Gasteiger partial charge in [0, 0.05) is 12.7 Å². The first kappa shape index (κ1) is 18.3. The van der Waals surface area contributed by atoms with Crippen LogP contribution in [-0.2, 0) is 17.8 Å². The fraction of sp³-hybridized carbons (Fsp3) is 0.556. The largest absolute Gasteiger partial charge is 0.472 e. The number of nitrogens with one attached hydrogen (secondary N) is 1. The Bertz CT molecular complexity index is 723. The summed E-state index contributed by atoms with van der Waals surface area (Å²) in [6.45, 7) is 5.53. The lowest BCUT2D eigenvalue weighted by atomic mass is 10.1. The Hall–Kier alpha value is -2.48. The van der Waals surface area contributed by atoms with Crippen LogP contribution in [0.1, 0.15) is 53.7 Å². The molecule has 8 heteroatoms. The van der Waals surface area contributed by atoms with Crippen LogP contribution < -0.4 is 10.1 Å². The van der Waals surface area contributed by atoms with Crippen LogP contribution in [-0.4, -0.2) is 40.5 Å². The van der Waals surface area contributed by atoms with Crippen LogP contribution >= 0.6 is 0 Å². The van der Waals surface area contributed by atoms with E-state index in [1.165, 1.54) is 0 Å². The molecule has 1 atom stereocenters. The van der Waals surface area contributed by atoms with Gasteiger partial charge in [-0.1, -0.05) is 18.5 Å². The van der Waals surface area contributed by atoms with E-state index in [4.69, 9.17) is 14.0 Å². The van der Waals surface area contributed by atoms with Gasteiger partial charge in [0.1, 0.15) is 12.4 Å². The number of nitrogens with zero attached hydrogens (tertiary/aromatic N) is 3. The van der Waals surface area contributed by atoms with Gasteiger partial charge in [0.05, 0.1) is 23.9 Å². The van der Waals surface area contributed by atoms with Gasteiger partial charge in [-0.2, -0.15) is 0 Å². The minimum absolute atomic E-state index is 0.0401. The fourth-order valence-electron chi connectivity index (χ4n) is 2.73. The Morgan fingerprint density at radius 1 is 1.38 bits per heavy atom. The van der Waals surface area contributed by atoms with Crippen molar-refractivity contribution >= 4 is 5.91 Å². The van der Waals surface area contributed by atoms with E-state index in [0.29, 0.717) is 25.7 Å². The summed E-state index contributed by atoms with van der Waals surface area (Å²) in [5.74, 6) is 0.850. The van der Waals surface area contributed by atoms with Crippen molar-refractivity contribution in [2.24, 2.45) is 0 Å². The summed E-state index contributed by atoms with van der Waals surface area (Å²) in [6.07, 6.45) is 3.82. The van der Waals surface area contributed by atoms with Gasteiger partial charge < -0.3 is 19.3 Å². The molecule has 26 heavy (non-hydrogen) atoms. The highest BCUT2D eigenvalue weighted by Gasteiger charge is 2.19. The van der Waals surface area contributed by atoms with E-state index in [-0.39, 0.29) is 17.6 Å². The molecule has 0 saturated carbocycles. The number of carbonyl (C=O) groups excluding carboxylic acids is 1. The minimum atomic E-state index is -0.253. The van der Waals surface area contributed by atoms with E-state index in [1.807, 2.05) is 6.92 Å². The lowest BCUT2D eigenvalue weighted by molar-refractivity contribution is 0.0923. The maximum Gasteiger partial charge on any atom is 0.272 e. The zero-order valence-corrected chi connectivity index (χ0v) is 15.2. The van der Waals surface area contributed by atoms with E-state index in [2.05, 4.69) is 27.6 Å². The highest BCUT2D eigenvalue weighted by molar-refractivity contribution is 5.92. The van der Waals surface area contributed by atoms with Crippen LogP contribution in [0.4, 0.5) is 0 Å². The van der Waals surface area contributed by atoms with Crippen molar-refractivity contribution in [2.75, 3.05) is 13.2 Å². The van der Waals surface area contributed by atoms with E-state index in [1.54, 1.807) is 12.1 Å². The summed E-state index contributed by atoms with van der Waals surface area (Å²) >= 11 is 0. The average molecular weight is 360 g/mol. The minimum Gasteiger partial charge on any atom is -0.472 e. The number of hydrogen-bond donors (Lipinski definition) is 1. The summed E-state index contributed by atoms with van der Waals surface area (Å²) < 4.78 is 16.2. The molecule has 1 unspecified atom stereocenters. The number of amides is 1. The standard InChI is InChI=1S/C18H24N4O4/c1-3-4-5-15-14(12(2)26-22-15)11-25-17-7-6-16(20-21-17)18(23)19-13-8-9-24-10-13/h6-7,13H,3-5,8-11H2,1-2H3,(H,19,23). The molecule has 0 spiro atoms. The maximum absolute atomic E-state index is 12.1. The Balaban J connectivity index is 1.56. The molecular formula is C18H24N4O4. The van der Waals surface area contributed by atoms with Gasteiger partial charge >= 0.3 is 0 Å². The quantitative estimate of drug-likeness (QED) is 0.770. The summed E-state index contributed by atoms with van der Waals surface area (Å²) in [5.41, 5.74) is 2.13. The van der Waals surface area contributed by atoms with Crippen LogP contribution in [0.15, 0.2) is 16.7 Å². The van der Waals surface area contributed by atoms with Crippen LogP contribution in [0, 0.1) is 6.92 Å². The summed E-state index contributed by atoms with van der Waals surface area (Å²) in [4.78, 5) is 12.1. The molecule has 0 aliphatic carbocycles. The Morgan fingerprint density at radius 3 is 2.96 bits per heavy atom. The van der Waals surface area contributed by atoms with Crippen molar-refractivity contribution < 1.29 is 18.8 Å². The van der Waals surface area contributed by atoms with Gasteiger partial charge in [-0.25, -0.2) is 0 Å². The molecule has 140 valence electrons. The zero-order valence-electron chi connectivity index (χ0n) is 15.2. The molecule has 2 aromatic heterocycles. The molecule has 8 nitrogen and oxygen atoms in total. The molecular weight excluding hydrogens is 336 g/mol. The second kappa shape index (κ2) is 8.75. The molecule has 3 heterocycles. The van der Waals surface area contributed by atoms with Crippen molar-refractivity contribution in [3.63, 3.8) is 0 Å². The zero-order chi connectivity index (χ0) is 18.4. The van der Waals surface area contributed by atoms with Gasteiger partial charge in [0.25, 0.3) is 5.91 Å².